The van der Waals surface area contributed by atoms with E-state index in [-0.39, 0.29) is 12.4 Å². The van der Waals surface area contributed by atoms with Crippen molar-refractivity contribution in [2.45, 2.75) is 19.3 Å². The molecule has 1 nitrogen and oxygen atoms in total. The van der Waals surface area contributed by atoms with E-state index in [1.807, 2.05) is 18.5 Å². The lowest BCUT2D eigenvalue weighted by molar-refractivity contribution is 0.824. The van der Waals surface area contributed by atoms with Crippen LogP contribution in [-0.4, -0.2) is 4.98 Å². The summed E-state index contributed by atoms with van der Waals surface area (Å²) in [6.45, 7) is 0. The van der Waals surface area contributed by atoms with Crippen LogP contribution < -0.4 is 0 Å². The molecule has 0 fully saturated rings. The van der Waals surface area contributed by atoms with Crippen LogP contribution in [0.1, 0.15) is 29.5 Å². The van der Waals surface area contributed by atoms with Crippen LogP contribution in [0, 0.1) is 0 Å². The van der Waals surface area contributed by atoms with E-state index < -0.39 is 0 Å². The molecule has 0 radical (unpaired) electrons. The van der Waals surface area contributed by atoms with Crippen LogP contribution in [0.4, 0.5) is 0 Å². The topological polar surface area (TPSA) is 12.9 Å². The molecule has 0 amide bonds. The summed E-state index contributed by atoms with van der Waals surface area (Å²) in [5.41, 5.74) is 5.54. The van der Waals surface area contributed by atoms with E-state index in [1.54, 1.807) is 0 Å². The average molecular weight is 258 g/mol. The largest absolute Gasteiger partial charge is 0.264 e. The lowest BCUT2D eigenvalue weighted by atomic mass is 9.86. The highest BCUT2D eigenvalue weighted by atomic mass is 35.5. The van der Waals surface area contributed by atoms with Gasteiger partial charge in [-0.25, -0.2) is 0 Å². The van der Waals surface area contributed by atoms with Gasteiger partial charge in [0.1, 0.15) is 0 Å². The van der Waals surface area contributed by atoms with Crippen molar-refractivity contribution in [1.29, 1.82) is 0 Å². The number of aryl methyl sites for hydroxylation is 1. The molecule has 1 aliphatic carbocycles. The normalized spacial score (nSPS) is 15.9. The van der Waals surface area contributed by atoms with Gasteiger partial charge >= 0.3 is 0 Å². The lowest BCUT2D eigenvalue weighted by Gasteiger charge is -2.18. The molecular formula is C16H16ClN. The first kappa shape index (κ1) is 12.8. The number of halogens is 1. The Hall–Kier alpha value is -1.60. The molecule has 2 aromatic rings. The third-order valence-electron chi connectivity index (χ3n) is 3.28. The van der Waals surface area contributed by atoms with Crippen molar-refractivity contribution in [1.82, 2.24) is 4.98 Å². The molecule has 92 valence electrons. The smallest absolute Gasteiger partial charge is 0.0340 e. The molecule has 0 atom stereocenters. The van der Waals surface area contributed by atoms with E-state index in [0.29, 0.717) is 0 Å². The number of hydrogen-bond donors (Lipinski definition) is 0. The van der Waals surface area contributed by atoms with Crippen LogP contribution in [0.3, 0.4) is 0 Å². The van der Waals surface area contributed by atoms with Gasteiger partial charge in [-0.05, 0) is 53.7 Å². The number of aromatic nitrogens is 1. The van der Waals surface area contributed by atoms with Gasteiger partial charge in [0, 0.05) is 12.4 Å². The van der Waals surface area contributed by atoms with Crippen LogP contribution in [0.5, 0.6) is 0 Å². The molecule has 2 heteroatoms. The Morgan fingerprint density at radius 1 is 1.00 bits per heavy atom. The summed E-state index contributed by atoms with van der Waals surface area (Å²) in [7, 11) is 0. The highest BCUT2D eigenvalue weighted by molar-refractivity contribution is 5.85. The number of benzene rings is 1. The van der Waals surface area contributed by atoms with Crippen LogP contribution in [-0.2, 0) is 6.42 Å². The molecule has 0 unspecified atom stereocenters. The van der Waals surface area contributed by atoms with Crippen LogP contribution >= 0.6 is 12.4 Å². The van der Waals surface area contributed by atoms with Crippen LogP contribution in [0.2, 0.25) is 0 Å². The maximum absolute atomic E-state index is 4.16. The molecular weight excluding hydrogens is 242 g/mol. The fraction of sp³-hybridized carbons (Fsp3) is 0.188. The van der Waals surface area contributed by atoms with E-state index in [2.05, 4.69) is 41.4 Å². The van der Waals surface area contributed by atoms with Crippen molar-refractivity contribution in [2.24, 2.45) is 0 Å². The quantitative estimate of drug-likeness (QED) is 0.739. The summed E-state index contributed by atoms with van der Waals surface area (Å²) in [4.78, 5) is 4.16. The van der Waals surface area contributed by atoms with Gasteiger partial charge in [0.15, 0.2) is 0 Å². The molecule has 0 N–H and O–H groups in total. The number of pyridine rings is 1. The Balaban J connectivity index is 0.00000120. The first-order chi connectivity index (χ1) is 8.43. The third-order valence-corrected chi connectivity index (χ3v) is 3.28. The minimum Gasteiger partial charge on any atom is -0.264 e. The molecule has 18 heavy (non-hydrogen) atoms. The predicted octanol–water partition coefficient (Wildman–Crippen LogP) is 4.38. The lowest BCUT2D eigenvalue weighted by Crippen LogP contribution is -2.01. The van der Waals surface area contributed by atoms with E-state index >= 15 is 0 Å². The molecule has 0 spiro atoms. The van der Waals surface area contributed by atoms with Gasteiger partial charge in [-0.15, -0.1) is 12.4 Å². The highest BCUT2D eigenvalue weighted by Gasteiger charge is 2.12. The van der Waals surface area contributed by atoms with Gasteiger partial charge in [-0.1, -0.05) is 30.3 Å². The minimum absolute atomic E-state index is 0. The summed E-state index contributed by atoms with van der Waals surface area (Å²) in [6.07, 6.45) is 9.64. The van der Waals surface area contributed by atoms with Crippen molar-refractivity contribution >= 4 is 24.1 Å². The molecule has 1 aromatic carbocycles. The third kappa shape index (κ3) is 2.62. The molecule has 1 aliphatic rings. The molecule has 0 saturated carbocycles. The van der Waals surface area contributed by atoms with Gasteiger partial charge in [0.05, 0.1) is 0 Å². The summed E-state index contributed by atoms with van der Waals surface area (Å²) >= 11 is 0. The Morgan fingerprint density at radius 2 is 1.89 bits per heavy atom. The zero-order chi connectivity index (χ0) is 11.5. The van der Waals surface area contributed by atoms with Gasteiger partial charge in [0.25, 0.3) is 0 Å². The molecule has 1 heterocycles. The number of fused-ring (bicyclic) bond motifs is 1. The van der Waals surface area contributed by atoms with Gasteiger partial charge in [-0.3, -0.25) is 4.98 Å². The maximum atomic E-state index is 4.16. The molecule has 0 bridgehead atoms. The number of allylic oxidation sites excluding steroid dienone is 1. The van der Waals surface area contributed by atoms with Gasteiger partial charge in [0.2, 0.25) is 0 Å². The van der Waals surface area contributed by atoms with Gasteiger partial charge in [-0.2, -0.15) is 0 Å². The molecule has 1 aromatic heterocycles. The zero-order valence-electron chi connectivity index (χ0n) is 10.2. The van der Waals surface area contributed by atoms with Crippen LogP contribution in [0.25, 0.3) is 11.6 Å². The molecule has 0 aliphatic heterocycles. The summed E-state index contributed by atoms with van der Waals surface area (Å²) in [5.74, 6) is 0. The summed E-state index contributed by atoms with van der Waals surface area (Å²) < 4.78 is 0. The fourth-order valence-corrected chi connectivity index (χ4v) is 2.47. The van der Waals surface area contributed by atoms with Crippen LogP contribution in [0.15, 0.2) is 48.8 Å². The first-order valence-electron chi connectivity index (χ1n) is 6.12. The van der Waals surface area contributed by atoms with Crippen molar-refractivity contribution < 1.29 is 0 Å². The van der Waals surface area contributed by atoms with Crippen molar-refractivity contribution in [3.8, 4) is 0 Å². The molecule has 3 rings (SSSR count). The second-order valence-corrected chi connectivity index (χ2v) is 4.47. The first-order valence-corrected chi connectivity index (χ1v) is 6.12. The SMILES string of the molecule is C(=C1/CCCc2ccccc21)/c1cccnc1.Cl. The van der Waals surface area contributed by atoms with E-state index in [1.165, 1.54) is 41.5 Å². The predicted molar refractivity (Wildman–Crippen MR) is 78.7 cm³/mol. The van der Waals surface area contributed by atoms with E-state index in [4.69, 9.17) is 0 Å². The van der Waals surface area contributed by atoms with E-state index in [9.17, 15) is 0 Å². The number of rotatable bonds is 1. The number of hydrogen-bond acceptors (Lipinski definition) is 1. The average Bonchev–Trinajstić information content (AvgIpc) is 2.40. The van der Waals surface area contributed by atoms with E-state index in [0.717, 1.165) is 0 Å². The van der Waals surface area contributed by atoms with Gasteiger partial charge < -0.3 is 0 Å². The second-order valence-electron chi connectivity index (χ2n) is 4.47. The Morgan fingerprint density at radius 3 is 2.72 bits per heavy atom. The summed E-state index contributed by atoms with van der Waals surface area (Å²) in [6, 6.07) is 12.8. The molecule has 0 saturated heterocycles. The minimum atomic E-state index is 0. The number of nitrogens with zero attached hydrogens (tertiary/aromatic N) is 1. The fourth-order valence-electron chi connectivity index (χ4n) is 2.47. The second kappa shape index (κ2) is 5.83. The zero-order valence-corrected chi connectivity index (χ0v) is 11.0. The maximum Gasteiger partial charge on any atom is 0.0340 e. The Labute approximate surface area is 114 Å². The Bertz CT molecular complexity index is 546. The van der Waals surface area contributed by atoms with Crippen molar-refractivity contribution in [3.05, 3.63) is 65.5 Å². The highest BCUT2D eigenvalue weighted by Crippen LogP contribution is 2.31. The monoisotopic (exact) mass is 257 g/mol. The standard InChI is InChI=1S/C16H15N.ClH/c1-2-9-16-14(6-1)7-3-8-15(16)11-13-5-4-10-17-12-13;/h1-2,4-6,9-12H,3,7-8H2;1H/b15-11+;. The van der Waals surface area contributed by atoms with Crippen molar-refractivity contribution in [3.63, 3.8) is 0 Å². The summed E-state index contributed by atoms with van der Waals surface area (Å²) in [5, 5.41) is 0. The Kier molecular flexibility index (Phi) is 4.16. The van der Waals surface area contributed by atoms with Crippen molar-refractivity contribution in [2.75, 3.05) is 0 Å².